The molecule has 4 nitrogen and oxygen atoms in total. The van der Waals surface area contributed by atoms with E-state index >= 15 is 0 Å². The van der Waals surface area contributed by atoms with Crippen molar-refractivity contribution in [1.29, 1.82) is 0 Å². The maximum atomic E-state index is 10.9. The fraction of sp³-hybridized carbons (Fsp3) is 0.226. The molecule has 0 aliphatic heterocycles. The molecule has 0 fully saturated rings. The van der Waals surface area contributed by atoms with Crippen LogP contribution in [0.4, 0.5) is 0 Å². The van der Waals surface area contributed by atoms with Gasteiger partial charge in [-0.1, -0.05) is 0 Å². The summed E-state index contributed by atoms with van der Waals surface area (Å²) in [6, 6.07) is 32.8. The normalized spacial score (nSPS) is 11.7. The second-order valence-corrected chi connectivity index (χ2v) is 13.0. The van der Waals surface area contributed by atoms with Crippen molar-refractivity contribution in [1.82, 2.24) is 0 Å². The van der Waals surface area contributed by atoms with Crippen molar-refractivity contribution >= 4 is 23.2 Å². The summed E-state index contributed by atoms with van der Waals surface area (Å²) < 4.78 is 16.7. The number of benzene rings is 4. The number of hydrogen-bond donors (Lipinski definition) is 1. The van der Waals surface area contributed by atoms with Crippen molar-refractivity contribution in [2.45, 2.75) is 19.8 Å². The van der Waals surface area contributed by atoms with Crippen LogP contribution in [0.1, 0.15) is 17.5 Å². The van der Waals surface area contributed by atoms with Crippen LogP contribution in [0, 0.1) is 6.92 Å². The molecule has 36 heavy (non-hydrogen) atoms. The molecule has 0 bridgehead atoms. The minimum absolute atomic E-state index is 0.0184. The molecule has 188 valence electrons. The van der Waals surface area contributed by atoms with Gasteiger partial charge in [0.05, 0.1) is 0 Å². The molecule has 0 saturated carbocycles. The van der Waals surface area contributed by atoms with Gasteiger partial charge in [-0.25, -0.2) is 0 Å². The molecule has 0 saturated heterocycles. The van der Waals surface area contributed by atoms with Crippen molar-refractivity contribution < 1.29 is 19.3 Å². The quantitative estimate of drug-likeness (QED) is 0.296. The first-order valence-electron chi connectivity index (χ1n) is 12.2. The van der Waals surface area contributed by atoms with Gasteiger partial charge in [-0.3, -0.25) is 0 Å². The molecule has 5 heteroatoms. The molecule has 4 aromatic rings. The summed E-state index contributed by atoms with van der Waals surface area (Å²) in [6.07, 6.45) is 2.66. The summed E-state index contributed by atoms with van der Waals surface area (Å²) >= 11 is 0. The van der Waals surface area contributed by atoms with Crippen molar-refractivity contribution in [3.8, 4) is 23.0 Å². The molecule has 4 aromatic carbocycles. The average molecular weight is 503 g/mol. The van der Waals surface area contributed by atoms with Gasteiger partial charge >= 0.3 is 215 Å². The van der Waals surface area contributed by atoms with Crippen LogP contribution in [0.25, 0.3) is 0 Å². The monoisotopic (exact) mass is 502 g/mol. The first-order chi connectivity index (χ1) is 17.6. The summed E-state index contributed by atoms with van der Waals surface area (Å²) in [5.74, 6) is 1.28. The van der Waals surface area contributed by atoms with E-state index in [1.807, 2.05) is 6.92 Å². The van der Waals surface area contributed by atoms with Gasteiger partial charge in [-0.15, -0.1) is 0 Å². The zero-order valence-corrected chi connectivity index (χ0v) is 22.5. The number of aromatic hydroxyl groups is 1. The Morgan fingerprint density at radius 1 is 0.611 bits per heavy atom. The predicted molar refractivity (Wildman–Crippen MR) is 152 cm³/mol. The van der Waals surface area contributed by atoms with Gasteiger partial charge < -0.3 is 0 Å². The predicted octanol–water partition coefficient (Wildman–Crippen LogP) is 5.39. The number of hydrogen-bond acceptors (Lipinski definition) is 4. The minimum atomic E-state index is -2.34. The third kappa shape index (κ3) is 4.66. The Morgan fingerprint density at radius 2 is 1.03 bits per heavy atom. The van der Waals surface area contributed by atoms with E-state index < -0.39 is 7.26 Å². The molecule has 0 radical (unpaired) electrons. The Labute approximate surface area is 214 Å². The second-order valence-electron chi connectivity index (χ2n) is 8.91. The summed E-state index contributed by atoms with van der Waals surface area (Å²) in [5.41, 5.74) is 1.88. The van der Waals surface area contributed by atoms with Gasteiger partial charge in [-0.05, 0) is 0 Å². The van der Waals surface area contributed by atoms with Gasteiger partial charge in [0.15, 0.2) is 0 Å². The van der Waals surface area contributed by atoms with Gasteiger partial charge in [-0.2, -0.15) is 0 Å². The topological polar surface area (TPSA) is 47.9 Å². The fourth-order valence-corrected chi connectivity index (χ4v) is 10.3. The van der Waals surface area contributed by atoms with Crippen LogP contribution in [-0.2, 0) is 6.42 Å². The standard InChI is InChI=1S/C31H35O4P/c1-23-27(30(34-3)28(32)31(35-4)29(23)33-2)21-14-22-36(24-15-8-5-9-16-24,25-17-10-6-11-18-25)26-19-12-7-13-20-26/h5-13,15-20,32,36H,14,21-22H2,1-4H3. The number of phenolic OH excluding ortho intramolecular Hbond substituents is 1. The van der Waals surface area contributed by atoms with E-state index in [1.54, 1.807) is 14.2 Å². The van der Waals surface area contributed by atoms with Crippen LogP contribution in [0.3, 0.4) is 0 Å². The van der Waals surface area contributed by atoms with Crippen LogP contribution in [0.2, 0.25) is 0 Å². The Kier molecular flexibility index (Phi) is 8.18. The second kappa shape index (κ2) is 11.5. The van der Waals surface area contributed by atoms with Gasteiger partial charge in [0, 0.05) is 0 Å². The van der Waals surface area contributed by atoms with Gasteiger partial charge in [0.25, 0.3) is 0 Å². The summed E-state index contributed by atoms with van der Waals surface area (Å²) in [5, 5.41) is 15.0. The SMILES string of the molecule is COc1c(O)c(OC)c(OC)c(C)c1CCC[PH](c1ccccc1)(c1ccccc1)c1ccccc1. The molecule has 4 rings (SSSR count). The first kappa shape index (κ1) is 25.6. The molecular formula is C31H35O4P. The molecule has 0 spiro atoms. The van der Waals surface area contributed by atoms with Crippen LogP contribution in [0.5, 0.6) is 23.0 Å². The summed E-state index contributed by atoms with van der Waals surface area (Å²) in [7, 11) is 2.37. The van der Waals surface area contributed by atoms with Crippen molar-refractivity contribution in [2.75, 3.05) is 27.5 Å². The zero-order valence-electron chi connectivity index (χ0n) is 21.5. The molecule has 0 heterocycles. The van der Waals surface area contributed by atoms with E-state index in [9.17, 15) is 5.11 Å². The Bertz CT molecular complexity index is 1180. The molecule has 1 N–H and O–H groups in total. The third-order valence-electron chi connectivity index (χ3n) is 7.09. The van der Waals surface area contributed by atoms with E-state index in [1.165, 1.54) is 23.0 Å². The average Bonchev–Trinajstić information content (AvgIpc) is 2.94. The van der Waals surface area contributed by atoms with Crippen molar-refractivity contribution in [3.63, 3.8) is 0 Å². The molecule has 0 amide bonds. The van der Waals surface area contributed by atoms with Crippen LogP contribution >= 0.6 is 7.26 Å². The van der Waals surface area contributed by atoms with Crippen LogP contribution in [-0.4, -0.2) is 32.6 Å². The summed E-state index contributed by atoms with van der Waals surface area (Å²) in [4.78, 5) is 0. The molecule has 0 aliphatic rings. The van der Waals surface area contributed by atoms with E-state index in [4.69, 9.17) is 14.2 Å². The van der Waals surface area contributed by atoms with Crippen molar-refractivity contribution in [3.05, 3.63) is 102 Å². The van der Waals surface area contributed by atoms with Gasteiger partial charge in [0.2, 0.25) is 0 Å². The van der Waals surface area contributed by atoms with Crippen LogP contribution < -0.4 is 30.1 Å². The van der Waals surface area contributed by atoms with Gasteiger partial charge in [0.1, 0.15) is 0 Å². The number of ether oxygens (including phenoxy) is 3. The van der Waals surface area contributed by atoms with E-state index in [-0.39, 0.29) is 5.75 Å². The van der Waals surface area contributed by atoms with E-state index in [2.05, 4.69) is 91.0 Å². The Hall–Kier alpha value is -3.49. The van der Waals surface area contributed by atoms with Crippen molar-refractivity contribution in [2.24, 2.45) is 0 Å². The zero-order chi connectivity index (χ0) is 25.5. The van der Waals surface area contributed by atoms with Crippen LogP contribution in [0.15, 0.2) is 91.0 Å². The molecular weight excluding hydrogens is 467 g/mol. The maximum absolute atomic E-state index is 10.9. The summed E-state index contributed by atoms with van der Waals surface area (Å²) in [6.45, 7) is 1.99. The molecule has 0 aliphatic carbocycles. The molecule has 0 aromatic heterocycles. The number of methoxy groups -OCH3 is 3. The number of phenols is 1. The first-order valence-corrected chi connectivity index (χ1v) is 14.5. The molecule has 0 unspecified atom stereocenters. The Balaban J connectivity index is 1.80. The Morgan fingerprint density at radius 3 is 1.42 bits per heavy atom. The van der Waals surface area contributed by atoms with E-state index in [0.29, 0.717) is 17.2 Å². The fourth-order valence-electron chi connectivity index (χ4n) is 5.42. The van der Waals surface area contributed by atoms with E-state index in [0.717, 1.165) is 30.1 Å². The number of rotatable bonds is 10. The third-order valence-corrected chi connectivity index (χ3v) is 12.2. The molecule has 0 atom stereocenters.